The molecule has 1 heterocycles. The Labute approximate surface area is 213 Å². The molecule has 3 rings (SSSR count). The van der Waals surface area contributed by atoms with Crippen molar-refractivity contribution in [3.63, 3.8) is 0 Å². The first kappa shape index (κ1) is 28.6. The maximum Gasteiger partial charge on any atom is 0.338 e. The van der Waals surface area contributed by atoms with Crippen LogP contribution in [0.3, 0.4) is 0 Å². The third kappa shape index (κ3) is 8.49. The second kappa shape index (κ2) is 13.4. The lowest BCUT2D eigenvalue weighted by Gasteiger charge is -2.29. The third-order valence-corrected chi connectivity index (χ3v) is 4.92. The van der Waals surface area contributed by atoms with Gasteiger partial charge in [-0.2, -0.15) is 0 Å². The molecule has 0 saturated carbocycles. The highest BCUT2D eigenvalue weighted by molar-refractivity contribution is 5.98. The Kier molecular flexibility index (Phi) is 10.4. The van der Waals surface area contributed by atoms with Gasteiger partial charge in [-0.25, -0.2) is 9.59 Å². The number of hydrogen-bond acceptors (Lipinski definition) is 7. The summed E-state index contributed by atoms with van der Waals surface area (Å²) in [5.41, 5.74) is 2.32. The van der Waals surface area contributed by atoms with Crippen molar-refractivity contribution in [1.29, 1.82) is 0 Å². The monoisotopic (exact) mass is 511 g/mol. The van der Waals surface area contributed by atoms with E-state index in [4.69, 9.17) is 19.4 Å². The first-order chi connectivity index (χ1) is 17.5. The Bertz CT molecular complexity index is 1200. The molecular weight excluding hydrogens is 482 g/mol. The van der Waals surface area contributed by atoms with Gasteiger partial charge in [0.05, 0.1) is 18.2 Å². The van der Waals surface area contributed by atoms with Gasteiger partial charge in [-0.3, -0.25) is 14.4 Å². The lowest BCUT2D eigenvalue weighted by atomic mass is 9.92. The molecule has 0 fully saturated rings. The summed E-state index contributed by atoms with van der Waals surface area (Å²) >= 11 is 0. The highest BCUT2D eigenvalue weighted by Crippen LogP contribution is 2.33. The molecule has 4 N–H and O–H groups in total. The molecule has 0 saturated heterocycles. The number of urea groups is 1. The number of ketones is 1. The zero-order chi connectivity index (χ0) is 27.5. The number of aliphatic carboxylic acids is 1. The predicted molar refractivity (Wildman–Crippen MR) is 134 cm³/mol. The highest BCUT2D eigenvalue weighted by atomic mass is 16.5. The van der Waals surface area contributed by atoms with Crippen molar-refractivity contribution in [2.45, 2.75) is 33.7 Å². The molecule has 0 spiro atoms. The summed E-state index contributed by atoms with van der Waals surface area (Å²) in [7, 11) is 0. The van der Waals surface area contributed by atoms with Gasteiger partial charge in [-0.05, 0) is 51.1 Å². The summed E-state index contributed by atoms with van der Waals surface area (Å²) < 4.78 is 10.7. The zero-order valence-corrected chi connectivity index (χ0v) is 20.9. The van der Waals surface area contributed by atoms with E-state index >= 15 is 0 Å². The van der Waals surface area contributed by atoms with Crippen LogP contribution < -0.4 is 20.7 Å². The summed E-state index contributed by atoms with van der Waals surface area (Å²) in [6.07, 6.45) is 0. The topological polar surface area (TPSA) is 160 Å². The van der Waals surface area contributed by atoms with Crippen molar-refractivity contribution in [2.24, 2.45) is 0 Å². The Morgan fingerprint density at radius 3 is 2.24 bits per heavy atom. The van der Waals surface area contributed by atoms with Gasteiger partial charge in [0, 0.05) is 29.4 Å². The van der Waals surface area contributed by atoms with Crippen molar-refractivity contribution in [2.75, 3.05) is 18.5 Å². The lowest BCUT2D eigenvalue weighted by Crippen LogP contribution is -2.44. The van der Waals surface area contributed by atoms with Gasteiger partial charge in [-0.15, -0.1) is 0 Å². The van der Waals surface area contributed by atoms with Crippen LogP contribution >= 0.6 is 0 Å². The van der Waals surface area contributed by atoms with E-state index in [0.717, 1.165) is 6.92 Å². The molecule has 1 atom stereocenters. The normalized spacial score (nSPS) is 14.3. The van der Waals surface area contributed by atoms with E-state index in [0.29, 0.717) is 33.8 Å². The number of allylic oxidation sites excluding steroid dienone is 1. The Hall–Kier alpha value is -4.67. The van der Waals surface area contributed by atoms with Crippen molar-refractivity contribution in [3.05, 3.63) is 70.9 Å². The molecular formula is C26H29N3O8. The molecule has 2 aromatic rings. The van der Waals surface area contributed by atoms with Gasteiger partial charge in [0.25, 0.3) is 11.9 Å². The molecule has 11 nitrogen and oxygen atoms in total. The number of benzene rings is 2. The number of nitrogens with one attached hydrogen (secondary N) is 3. The zero-order valence-electron chi connectivity index (χ0n) is 20.9. The number of carbonyl (C=O) groups excluding carboxylic acids is 4. The van der Waals surface area contributed by atoms with Crippen LogP contribution in [0.4, 0.5) is 10.5 Å². The number of Topliss-reactive ketones (excluding diaryl/α,β-unsaturated/α-hetero) is 1. The van der Waals surface area contributed by atoms with E-state index in [1.807, 2.05) is 0 Å². The van der Waals surface area contributed by atoms with Crippen LogP contribution in [0.15, 0.2) is 59.8 Å². The summed E-state index contributed by atoms with van der Waals surface area (Å²) in [5, 5.41) is 15.4. The summed E-state index contributed by atoms with van der Waals surface area (Å²) in [4.78, 5) is 57.3. The van der Waals surface area contributed by atoms with E-state index in [-0.39, 0.29) is 19.0 Å². The maximum absolute atomic E-state index is 12.4. The number of rotatable bonds is 8. The number of hydrogen-bond donors (Lipinski definition) is 4. The van der Waals surface area contributed by atoms with E-state index in [1.165, 1.54) is 6.92 Å². The molecule has 3 amide bonds. The minimum absolute atomic E-state index is 0.191. The number of para-hydroxylation sites is 1. The Morgan fingerprint density at radius 1 is 1.03 bits per heavy atom. The number of amides is 3. The molecule has 0 bridgehead atoms. The summed E-state index contributed by atoms with van der Waals surface area (Å²) in [6, 6.07) is 12.1. The van der Waals surface area contributed by atoms with Gasteiger partial charge >= 0.3 is 12.0 Å². The Morgan fingerprint density at radius 2 is 1.65 bits per heavy atom. The number of carbonyl (C=O) groups is 5. The second-order valence-corrected chi connectivity index (χ2v) is 7.82. The van der Waals surface area contributed by atoms with Gasteiger partial charge in [0.1, 0.15) is 5.75 Å². The molecule has 2 aromatic carbocycles. The smallest absolute Gasteiger partial charge is 0.338 e. The molecule has 0 aromatic heterocycles. The highest BCUT2D eigenvalue weighted by Gasteiger charge is 2.31. The number of esters is 1. The van der Waals surface area contributed by atoms with Crippen LogP contribution in [0, 0.1) is 0 Å². The molecule has 196 valence electrons. The van der Waals surface area contributed by atoms with E-state index in [1.54, 1.807) is 62.4 Å². The molecule has 0 radical (unpaired) electrons. The van der Waals surface area contributed by atoms with Gasteiger partial charge < -0.3 is 30.5 Å². The van der Waals surface area contributed by atoms with Crippen molar-refractivity contribution in [1.82, 2.24) is 10.6 Å². The number of anilines is 1. The minimum Gasteiger partial charge on any atom is -0.483 e. The first-order valence-electron chi connectivity index (χ1n) is 11.3. The number of ether oxygens (including phenoxy) is 2. The standard InChI is InChI=1S/C24H25N3O6.C2H4O2/c1-4-32-23(30)16-9-11-17(12-10-16)26-20(29)13-33-19-8-6-5-7-18(19)22-21(15(3)28)14(2)25-24(31)27-22;1-2(3)4/h5-12,22H,4,13H2,1-3H3,(H,26,29)(H2,25,27,31);1H3,(H,3,4). The van der Waals surface area contributed by atoms with Crippen molar-refractivity contribution in [3.8, 4) is 5.75 Å². The van der Waals surface area contributed by atoms with E-state index in [9.17, 15) is 19.2 Å². The van der Waals surface area contributed by atoms with Gasteiger partial charge in [0.15, 0.2) is 12.4 Å². The molecule has 11 heteroatoms. The van der Waals surface area contributed by atoms with E-state index in [2.05, 4.69) is 16.0 Å². The quantitative estimate of drug-likeness (QED) is 0.393. The molecule has 1 aliphatic heterocycles. The summed E-state index contributed by atoms with van der Waals surface area (Å²) in [5.74, 6) is -1.51. The lowest BCUT2D eigenvalue weighted by molar-refractivity contribution is -0.134. The van der Waals surface area contributed by atoms with Crippen LogP contribution in [0.1, 0.15) is 49.7 Å². The van der Waals surface area contributed by atoms with Crippen molar-refractivity contribution >= 4 is 35.3 Å². The maximum atomic E-state index is 12.4. The van der Waals surface area contributed by atoms with Crippen LogP contribution in [0.5, 0.6) is 5.75 Å². The molecule has 37 heavy (non-hydrogen) atoms. The fourth-order valence-corrected chi connectivity index (χ4v) is 3.49. The number of carboxylic acid groups (broad SMARTS) is 1. The van der Waals surface area contributed by atoms with Gasteiger partial charge in [-0.1, -0.05) is 18.2 Å². The van der Waals surface area contributed by atoms with Crippen molar-refractivity contribution < 1.29 is 38.6 Å². The average Bonchev–Trinajstić information content (AvgIpc) is 2.82. The largest absolute Gasteiger partial charge is 0.483 e. The van der Waals surface area contributed by atoms with Gasteiger partial charge in [0.2, 0.25) is 0 Å². The van der Waals surface area contributed by atoms with Crippen LogP contribution in [-0.4, -0.2) is 48.0 Å². The molecule has 1 unspecified atom stereocenters. The Balaban J connectivity index is 0.00000112. The fraction of sp³-hybridized carbons (Fsp3) is 0.269. The SMILES string of the molecule is CC(=O)O.CCOC(=O)c1ccc(NC(=O)COc2ccccc2C2NC(=O)NC(C)=C2C(C)=O)cc1. The summed E-state index contributed by atoms with van der Waals surface area (Å²) in [6.45, 7) is 5.87. The minimum atomic E-state index is -0.833. The van der Waals surface area contributed by atoms with Crippen LogP contribution in [0.2, 0.25) is 0 Å². The predicted octanol–water partition coefficient (Wildman–Crippen LogP) is 3.19. The molecule has 1 aliphatic rings. The van der Waals surface area contributed by atoms with E-state index < -0.39 is 29.9 Å². The second-order valence-electron chi connectivity index (χ2n) is 7.82. The van der Waals surface area contributed by atoms with Crippen LogP contribution in [0.25, 0.3) is 0 Å². The number of carboxylic acids is 1. The van der Waals surface area contributed by atoms with Crippen LogP contribution in [-0.2, 0) is 19.1 Å². The first-order valence-corrected chi connectivity index (χ1v) is 11.3. The average molecular weight is 512 g/mol. The molecule has 0 aliphatic carbocycles. The third-order valence-electron chi connectivity index (χ3n) is 4.92. The fourth-order valence-electron chi connectivity index (χ4n) is 3.49.